The summed E-state index contributed by atoms with van der Waals surface area (Å²) in [7, 11) is 0. The van der Waals surface area contributed by atoms with E-state index in [0.29, 0.717) is 6.61 Å². The van der Waals surface area contributed by atoms with E-state index < -0.39 is 0 Å². The summed E-state index contributed by atoms with van der Waals surface area (Å²) in [4.78, 5) is 12.3. The Morgan fingerprint density at radius 3 is 2.55 bits per heavy atom. The molecule has 0 aliphatic heterocycles. The van der Waals surface area contributed by atoms with Crippen LogP contribution in [0.5, 0.6) is 5.75 Å². The minimum absolute atomic E-state index is 0.0883. The van der Waals surface area contributed by atoms with Gasteiger partial charge in [-0.15, -0.1) is 0 Å². The second-order valence-corrected chi connectivity index (χ2v) is 5.20. The van der Waals surface area contributed by atoms with Crippen LogP contribution in [-0.2, 0) is 12.8 Å². The zero-order valence-corrected chi connectivity index (χ0v) is 11.6. The summed E-state index contributed by atoms with van der Waals surface area (Å²) in [5.41, 5.74) is 3.29. The van der Waals surface area contributed by atoms with E-state index in [9.17, 15) is 4.79 Å². The largest absolute Gasteiger partial charge is 0.494 e. The highest BCUT2D eigenvalue weighted by Crippen LogP contribution is 2.29. The van der Waals surface area contributed by atoms with Gasteiger partial charge in [0.25, 0.3) is 0 Å². The van der Waals surface area contributed by atoms with Gasteiger partial charge in [-0.05, 0) is 43.0 Å². The number of carbonyl (C=O) groups is 1. The lowest BCUT2D eigenvalue weighted by Crippen LogP contribution is -2.12. The fourth-order valence-corrected chi connectivity index (χ4v) is 2.85. The van der Waals surface area contributed by atoms with Gasteiger partial charge in [0.2, 0.25) is 0 Å². The third-order valence-electron chi connectivity index (χ3n) is 3.84. The number of hydrogen-bond donors (Lipinski definition) is 0. The average molecular weight is 266 g/mol. The molecule has 2 heteroatoms. The van der Waals surface area contributed by atoms with Gasteiger partial charge < -0.3 is 4.74 Å². The summed E-state index contributed by atoms with van der Waals surface area (Å²) in [6.45, 7) is 2.65. The minimum atomic E-state index is 0.0883. The highest BCUT2D eigenvalue weighted by atomic mass is 16.5. The molecule has 0 amide bonds. The molecule has 0 saturated carbocycles. The van der Waals surface area contributed by atoms with Gasteiger partial charge in [0.15, 0.2) is 5.78 Å². The van der Waals surface area contributed by atoms with Gasteiger partial charge in [-0.25, -0.2) is 0 Å². The Bertz CT molecular complexity index is 614. The van der Waals surface area contributed by atoms with Gasteiger partial charge in [-0.1, -0.05) is 36.4 Å². The van der Waals surface area contributed by atoms with E-state index in [2.05, 4.69) is 18.2 Å². The van der Waals surface area contributed by atoms with Crippen molar-refractivity contribution in [2.24, 2.45) is 5.92 Å². The van der Waals surface area contributed by atoms with E-state index >= 15 is 0 Å². The maximum Gasteiger partial charge on any atom is 0.166 e. The number of rotatable bonds is 4. The number of ketones is 1. The Morgan fingerprint density at radius 2 is 1.85 bits per heavy atom. The van der Waals surface area contributed by atoms with Crippen LogP contribution >= 0.6 is 0 Å². The third kappa shape index (κ3) is 2.46. The van der Waals surface area contributed by atoms with Crippen LogP contribution in [-0.4, -0.2) is 12.4 Å². The number of ether oxygens (including phenoxy) is 1. The third-order valence-corrected chi connectivity index (χ3v) is 3.84. The molecule has 0 unspecified atom stereocenters. The molecule has 102 valence electrons. The predicted octanol–water partition coefficient (Wildman–Crippen LogP) is 3.68. The lowest BCUT2D eigenvalue weighted by molar-refractivity contribution is 0.0936. The van der Waals surface area contributed by atoms with Crippen molar-refractivity contribution in [1.82, 2.24) is 0 Å². The van der Waals surface area contributed by atoms with Crippen LogP contribution in [0.4, 0.5) is 0 Å². The summed E-state index contributed by atoms with van der Waals surface area (Å²) in [6.07, 6.45) is 1.67. The molecule has 1 aliphatic rings. The molecule has 20 heavy (non-hydrogen) atoms. The number of hydrogen-bond acceptors (Lipinski definition) is 2. The van der Waals surface area contributed by atoms with Gasteiger partial charge in [0.1, 0.15) is 5.75 Å². The summed E-state index contributed by atoms with van der Waals surface area (Å²) < 4.78 is 5.44. The molecule has 0 heterocycles. The van der Waals surface area contributed by atoms with Crippen LogP contribution in [0.25, 0.3) is 0 Å². The molecule has 0 fully saturated rings. The summed E-state index contributed by atoms with van der Waals surface area (Å²) >= 11 is 0. The van der Waals surface area contributed by atoms with E-state index in [-0.39, 0.29) is 11.7 Å². The van der Waals surface area contributed by atoms with Crippen molar-refractivity contribution in [2.45, 2.75) is 19.8 Å². The number of fused-ring (bicyclic) bond motifs is 1. The number of Topliss-reactive ketones (excluding diaryl/α,β-unsaturated/α-hetero) is 1. The van der Waals surface area contributed by atoms with Crippen LogP contribution in [0.15, 0.2) is 48.5 Å². The zero-order valence-electron chi connectivity index (χ0n) is 11.6. The monoisotopic (exact) mass is 266 g/mol. The second-order valence-electron chi connectivity index (χ2n) is 5.20. The van der Waals surface area contributed by atoms with Crippen molar-refractivity contribution >= 4 is 5.78 Å². The Labute approximate surface area is 119 Å². The first-order valence-corrected chi connectivity index (χ1v) is 7.12. The van der Waals surface area contributed by atoms with Crippen molar-refractivity contribution in [3.63, 3.8) is 0 Å². The maximum atomic E-state index is 12.3. The Hall–Kier alpha value is -2.09. The fourth-order valence-electron chi connectivity index (χ4n) is 2.85. The van der Waals surface area contributed by atoms with Crippen molar-refractivity contribution in [3.8, 4) is 5.75 Å². The summed E-state index contributed by atoms with van der Waals surface area (Å²) in [5, 5.41) is 0. The van der Waals surface area contributed by atoms with Gasteiger partial charge in [-0.2, -0.15) is 0 Å². The average Bonchev–Trinajstić information content (AvgIpc) is 2.79. The maximum absolute atomic E-state index is 12.3. The van der Waals surface area contributed by atoms with E-state index in [1.165, 1.54) is 11.1 Å². The van der Waals surface area contributed by atoms with E-state index in [1.54, 1.807) is 0 Å². The van der Waals surface area contributed by atoms with E-state index in [4.69, 9.17) is 4.74 Å². The number of carbonyl (C=O) groups excluding carboxylic acids is 1. The van der Waals surface area contributed by atoms with Crippen LogP contribution < -0.4 is 4.74 Å². The zero-order chi connectivity index (χ0) is 13.9. The molecule has 0 bridgehead atoms. The van der Waals surface area contributed by atoms with Crippen LogP contribution in [0.1, 0.15) is 28.4 Å². The van der Waals surface area contributed by atoms with Gasteiger partial charge in [0.05, 0.1) is 6.61 Å². The highest BCUT2D eigenvalue weighted by molar-refractivity contribution is 6.02. The Kier molecular flexibility index (Phi) is 3.55. The highest BCUT2D eigenvalue weighted by Gasteiger charge is 2.29. The second kappa shape index (κ2) is 5.49. The van der Waals surface area contributed by atoms with Crippen molar-refractivity contribution in [1.29, 1.82) is 0 Å². The lowest BCUT2D eigenvalue weighted by Gasteiger charge is -2.09. The molecule has 3 rings (SSSR count). The molecule has 1 aliphatic carbocycles. The summed E-state index contributed by atoms with van der Waals surface area (Å²) in [5.74, 6) is 1.26. The minimum Gasteiger partial charge on any atom is -0.494 e. The first-order chi connectivity index (χ1) is 9.78. The molecule has 1 atom stereocenters. The normalized spacial score (nSPS) is 17.1. The molecule has 0 aromatic heterocycles. The molecular formula is C18H18O2. The Balaban J connectivity index is 1.72. The smallest absolute Gasteiger partial charge is 0.166 e. The van der Waals surface area contributed by atoms with Crippen LogP contribution in [0.3, 0.4) is 0 Å². The quantitative estimate of drug-likeness (QED) is 0.843. The van der Waals surface area contributed by atoms with Crippen LogP contribution in [0.2, 0.25) is 0 Å². The fraction of sp³-hybridized carbons (Fsp3) is 0.278. The van der Waals surface area contributed by atoms with Crippen LogP contribution in [0, 0.1) is 5.92 Å². The molecule has 2 aromatic rings. The molecule has 0 spiro atoms. The molecule has 2 aromatic carbocycles. The van der Waals surface area contributed by atoms with E-state index in [0.717, 1.165) is 24.2 Å². The van der Waals surface area contributed by atoms with Crippen molar-refractivity contribution in [2.75, 3.05) is 6.61 Å². The number of benzene rings is 2. The Morgan fingerprint density at radius 1 is 1.10 bits per heavy atom. The first kappa shape index (κ1) is 12.9. The SMILES string of the molecule is CCOc1ccc(C[C@@H]2Cc3ccccc3C2=O)cc1. The predicted molar refractivity (Wildman–Crippen MR) is 79.3 cm³/mol. The molecule has 2 nitrogen and oxygen atoms in total. The lowest BCUT2D eigenvalue weighted by atomic mass is 9.96. The van der Waals surface area contributed by atoms with Gasteiger partial charge >= 0.3 is 0 Å². The van der Waals surface area contributed by atoms with Crippen molar-refractivity contribution < 1.29 is 9.53 Å². The molecule has 0 saturated heterocycles. The topological polar surface area (TPSA) is 26.3 Å². The summed E-state index contributed by atoms with van der Waals surface area (Å²) in [6, 6.07) is 16.0. The van der Waals surface area contributed by atoms with E-state index in [1.807, 2.05) is 37.3 Å². The van der Waals surface area contributed by atoms with Crippen molar-refractivity contribution in [3.05, 3.63) is 65.2 Å². The molecular weight excluding hydrogens is 248 g/mol. The van der Waals surface area contributed by atoms with Gasteiger partial charge in [-0.3, -0.25) is 4.79 Å². The molecule has 0 radical (unpaired) electrons. The first-order valence-electron chi connectivity index (χ1n) is 7.12. The molecule has 0 N–H and O–H groups in total. The van der Waals surface area contributed by atoms with Gasteiger partial charge in [0, 0.05) is 11.5 Å². The standard InChI is InChI=1S/C18H18O2/c1-2-20-16-9-7-13(8-10-16)11-15-12-14-5-3-4-6-17(14)18(15)19/h3-10,15H,2,11-12H2,1H3/t15-/m1/s1.